The molecule has 1 atom stereocenters. The second-order valence-electron chi connectivity index (χ2n) is 10.8. The highest BCUT2D eigenvalue weighted by Gasteiger charge is 2.39. The van der Waals surface area contributed by atoms with Crippen LogP contribution in [0.3, 0.4) is 0 Å². The summed E-state index contributed by atoms with van der Waals surface area (Å²) in [4.78, 5) is 53.0. The maximum atomic E-state index is 14.6. The lowest BCUT2D eigenvalue weighted by Crippen LogP contribution is -2.48. The van der Waals surface area contributed by atoms with Gasteiger partial charge in [0.2, 0.25) is 17.7 Å². The molecule has 17 heteroatoms. The number of nitrogens with two attached hydrogens (primary N) is 1. The predicted molar refractivity (Wildman–Crippen MR) is 180 cm³/mol. The van der Waals surface area contributed by atoms with Crippen LogP contribution < -0.4 is 36.5 Å². The number of carboxylic acids is 1. The number of primary amides is 1. The van der Waals surface area contributed by atoms with E-state index in [2.05, 4.69) is 31.2 Å². The number of carbonyl (C=O) groups is 4. The van der Waals surface area contributed by atoms with Crippen LogP contribution in [0.15, 0.2) is 42.6 Å². The zero-order valence-corrected chi connectivity index (χ0v) is 28.0. The second-order valence-corrected chi connectivity index (χ2v) is 11.7. The van der Waals surface area contributed by atoms with Crippen molar-refractivity contribution in [1.29, 1.82) is 0 Å². The van der Waals surface area contributed by atoms with Crippen molar-refractivity contribution < 1.29 is 42.5 Å². The first-order chi connectivity index (χ1) is 23.4. The lowest BCUT2D eigenvalue weighted by molar-refractivity contribution is -0.155. The van der Waals surface area contributed by atoms with Crippen LogP contribution in [-0.2, 0) is 20.1 Å². The smallest absolute Gasteiger partial charge is 0.318 e. The molecule has 2 aromatic heterocycles. The molecule has 1 aliphatic rings. The van der Waals surface area contributed by atoms with E-state index in [4.69, 9.17) is 20.3 Å². The number of urea groups is 1. The van der Waals surface area contributed by atoms with Crippen LogP contribution in [0.4, 0.5) is 25.2 Å². The molecule has 3 heterocycles. The van der Waals surface area contributed by atoms with Crippen molar-refractivity contribution in [3.63, 3.8) is 0 Å². The molecule has 7 N–H and O–H groups in total. The molecule has 14 nitrogen and oxygen atoms in total. The van der Waals surface area contributed by atoms with Gasteiger partial charge in [-0.3, -0.25) is 14.4 Å². The van der Waals surface area contributed by atoms with E-state index in [1.54, 1.807) is 24.8 Å². The lowest BCUT2D eigenvalue weighted by atomic mass is 9.87. The SMILES string of the molecule is CCC(C)(C(=O)O)C(=O)NCC(=O)NCCNC(N)=O.CSCc1cc2nc(c1)OCCCOc1cc(F)ccc1-c1cc(ncc1F)N2. The molecule has 1 aromatic carbocycles. The number of ether oxygens (including phenoxy) is 2. The van der Waals surface area contributed by atoms with E-state index in [1.165, 1.54) is 25.1 Å². The third kappa shape index (κ3) is 11.5. The third-order valence-corrected chi connectivity index (χ3v) is 7.77. The lowest BCUT2D eigenvalue weighted by Gasteiger charge is -2.21. The van der Waals surface area contributed by atoms with Gasteiger partial charge in [0, 0.05) is 48.5 Å². The number of anilines is 2. The number of halogens is 2. The van der Waals surface area contributed by atoms with E-state index in [1.807, 2.05) is 18.4 Å². The molecule has 3 aromatic rings. The zero-order chi connectivity index (χ0) is 36.0. The van der Waals surface area contributed by atoms with Gasteiger partial charge in [-0.15, -0.1) is 0 Å². The van der Waals surface area contributed by atoms with Gasteiger partial charge >= 0.3 is 12.0 Å². The molecule has 4 rings (SSSR count). The maximum absolute atomic E-state index is 14.6. The van der Waals surface area contributed by atoms with E-state index in [9.17, 15) is 28.0 Å². The number of carbonyl (C=O) groups excluding carboxylic acids is 3. The van der Waals surface area contributed by atoms with Gasteiger partial charge in [-0.05, 0) is 49.4 Å². The highest BCUT2D eigenvalue weighted by molar-refractivity contribution is 7.97. The molecule has 0 spiro atoms. The maximum Gasteiger partial charge on any atom is 0.318 e. The minimum Gasteiger partial charge on any atom is -0.493 e. The average Bonchev–Trinajstić information content (AvgIpc) is 3.06. The van der Waals surface area contributed by atoms with Crippen LogP contribution in [0.5, 0.6) is 11.6 Å². The molecule has 0 saturated heterocycles. The Morgan fingerprint density at radius 2 is 1.76 bits per heavy atom. The van der Waals surface area contributed by atoms with Gasteiger partial charge in [0.25, 0.3) is 0 Å². The second kappa shape index (κ2) is 18.4. The summed E-state index contributed by atoms with van der Waals surface area (Å²) >= 11 is 1.69. The Morgan fingerprint density at radius 1 is 1.02 bits per heavy atom. The number of amides is 4. The molecular weight excluding hydrogens is 664 g/mol. The summed E-state index contributed by atoms with van der Waals surface area (Å²) in [6.45, 7) is 3.53. The fourth-order valence-corrected chi connectivity index (χ4v) is 4.76. The zero-order valence-electron chi connectivity index (χ0n) is 27.2. The number of hydrogen-bond acceptors (Lipinski definition) is 10. The minimum absolute atomic E-state index is 0.109. The number of hydrogen-bond donors (Lipinski definition) is 6. The van der Waals surface area contributed by atoms with Crippen LogP contribution in [0.25, 0.3) is 11.1 Å². The Bertz CT molecular complexity index is 1650. The van der Waals surface area contributed by atoms with Gasteiger partial charge in [0.1, 0.15) is 34.4 Å². The van der Waals surface area contributed by atoms with E-state index in [-0.39, 0.29) is 37.4 Å². The number of pyridine rings is 2. The number of aromatic nitrogens is 2. The Labute approximate surface area is 285 Å². The summed E-state index contributed by atoms with van der Waals surface area (Å²) in [6.07, 6.45) is 3.82. The van der Waals surface area contributed by atoms with Gasteiger partial charge in [-0.1, -0.05) is 6.92 Å². The number of aliphatic carboxylic acids is 1. The number of rotatable bonds is 10. The van der Waals surface area contributed by atoms with Crippen molar-refractivity contribution in [3.8, 4) is 22.8 Å². The fourth-order valence-electron chi connectivity index (χ4n) is 4.26. The first-order valence-corrected chi connectivity index (χ1v) is 16.5. The minimum atomic E-state index is -1.56. The summed E-state index contributed by atoms with van der Waals surface area (Å²) in [5.41, 5.74) is 5.04. The van der Waals surface area contributed by atoms with Gasteiger partial charge in [0.05, 0.1) is 26.0 Å². The molecule has 0 fully saturated rings. The van der Waals surface area contributed by atoms with Crippen molar-refractivity contribution >= 4 is 47.2 Å². The van der Waals surface area contributed by atoms with E-state index in [0.717, 1.165) is 17.5 Å². The number of carboxylic acid groups (broad SMARTS) is 1. The van der Waals surface area contributed by atoms with E-state index >= 15 is 0 Å². The molecule has 0 aliphatic carbocycles. The highest BCUT2D eigenvalue weighted by Crippen LogP contribution is 2.34. The Kier molecular flexibility index (Phi) is 14.4. The first kappa shape index (κ1) is 38.3. The largest absolute Gasteiger partial charge is 0.493 e. The number of nitrogens with one attached hydrogen (secondary N) is 4. The highest BCUT2D eigenvalue weighted by atomic mass is 32.2. The van der Waals surface area contributed by atoms with Gasteiger partial charge in [0.15, 0.2) is 0 Å². The van der Waals surface area contributed by atoms with Crippen molar-refractivity contribution in [3.05, 3.63) is 59.8 Å². The average molecular weight is 704 g/mol. The van der Waals surface area contributed by atoms with Crippen LogP contribution in [0.2, 0.25) is 0 Å². The topological polar surface area (TPSA) is 207 Å². The molecule has 0 radical (unpaired) electrons. The Morgan fingerprint density at radius 3 is 2.45 bits per heavy atom. The Hall–Kier alpha value is -5.19. The molecule has 1 unspecified atom stereocenters. The summed E-state index contributed by atoms with van der Waals surface area (Å²) in [5, 5.41) is 19.0. The summed E-state index contributed by atoms with van der Waals surface area (Å²) in [7, 11) is 0. The molecule has 264 valence electrons. The van der Waals surface area contributed by atoms with Gasteiger partial charge in [-0.2, -0.15) is 16.7 Å². The van der Waals surface area contributed by atoms with Crippen LogP contribution in [0.1, 0.15) is 32.3 Å². The predicted octanol–water partition coefficient (Wildman–Crippen LogP) is 3.58. The molecule has 4 bridgehead atoms. The van der Waals surface area contributed by atoms with Gasteiger partial charge < -0.3 is 41.6 Å². The van der Waals surface area contributed by atoms with Crippen LogP contribution in [0, 0.1) is 17.0 Å². The van der Waals surface area contributed by atoms with E-state index in [0.29, 0.717) is 42.7 Å². The molecular formula is C32H39F2N7O7S. The van der Waals surface area contributed by atoms with Crippen LogP contribution >= 0.6 is 11.8 Å². The fraction of sp³-hybridized carbons (Fsp3) is 0.375. The summed E-state index contributed by atoms with van der Waals surface area (Å²) in [5.74, 6) is -0.895. The molecule has 4 amide bonds. The van der Waals surface area contributed by atoms with Crippen molar-refractivity contribution in [2.24, 2.45) is 11.1 Å². The van der Waals surface area contributed by atoms with Crippen LogP contribution in [-0.4, -0.2) is 78.0 Å². The van der Waals surface area contributed by atoms with Gasteiger partial charge in [-0.25, -0.2) is 18.6 Å². The molecule has 49 heavy (non-hydrogen) atoms. The summed E-state index contributed by atoms with van der Waals surface area (Å²) < 4.78 is 39.8. The normalized spacial score (nSPS) is 13.2. The number of nitrogens with zero attached hydrogens (tertiary/aromatic N) is 2. The Balaban J connectivity index is 0.000000288. The monoisotopic (exact) mass is 703 g/mol. The molecule has 0 saturated carbocycles. The first-order valence-electron chi connectivity index (χ1n) is 15.2. The number of thioether (sulfide) groups is 1. The molecule has 1 aliphatic heterocycles. The summed E-state index contributed by atoms with van der Waals surface area (Å²) in [6, 6.07) is 8.70. The number of fused-ring (bicyclic) bond motifs is 6. The van der Waals surface area contributed by atoms with Crippen molar-refractivity contribution in [2.45, 2.75) is 32.4 Å². The van der Waals surface area contributed by atoms with E-state index < -0.39 is 40.9 Å². The van der Waals surface area contributed by atoms with Crippen molar-refractivity contribution in [1.82, 2.24) is 25.9 Å². The number of benzene rings is 1. The third-order valence-electron chi connectivity index (χ3n) is 7.15. The van der Waals surface area contributed by atoms with Crippen molar-refractivity contribution in [2.75, 3.05) is 44.4 Å². The standard InChI is InChI=1S/C21H19F2N3O2S.C11H20N4O5/c1-29-12-13-7-20-25-19-10-16(17(23)11-24-19)15-4-3-14(22)9-18(15)27-5-2-6-28-21(8-13)26-20;1-3-11(2,9(18)19)8(17)15-6-7(16)13-4-5-14-10(12)20/h3-4,7-11H,2,5-6,12H2,1H3,(H,24,25,26);3-6H2,1-2H3,(H,13,16)(H,15,17)(H,18,19)(H3,12,14,20). The quantitative estimate of drug-likeness (QED) is 0.133.